The van der Waals surface area contributed by atoms with Gasteiger partial charge in [-0.15, -0.1) is 0 Å². The summed E-state index contributed by atoms with van der Waals surface area (Å²) in [6, 6.07) is 3.29. The van der Waals surface area contributed by atoms with Gasteiger partial charge in [0.25, 0.3) is 0 Å². The molecule has 0 saturated carbocycles. The predicted molar refractivity (Wildman–Crippen MR) is 71.8 cm³/mol. The minimum atomic E-state index is -0.280. The van der Waals surface area contributed by atoms with Crippen LogP contribution in [0.3, 0.4) is 0 Å². The Morgan fingerprint density at radius 2 is 2.20 bits per heavy atom. The Hall–Kier alpha value is -2.41. The standard InChI is InChI=1S/C13H16N4O3/c1-19-8-6-16-13(18)17-9-10-12(15-5-4-14-10)11-3-2-7-20-11/h2-5,7H,6,8-9H2,1H3,(H2,16,17,18). The number of furan rings is 1. The van der Waals surface area contributed by atoms with Gasteiger partial charge in [-0.2, -0.15) is 0 Å². The highest BCUT2D eigenvalue weighted by atomic mass is 16.5. The fourth-order valence-electron chi connectivity index (χ4n) is 1.61. The molecule has 7 heteroatoms. The molecule has 106 valence electrons. The molecule has 2 rings (SSSR count). The number of urea groups is 1. The third-order valence-corrected chi connectivity index (χ3v) is 2.54. The van der Waals surface area contributed by atoms with E-state index in [0.29, 0.717) is 30.3 Å². The molecule has 0 spiro atoms. The maximum absolute atomic E-state index is 11.5. The summed E-state index contributed by atoms with van der Waals surface area (Å²) >= 11 is 0. The molecule has 2 N–H and O–H groups in total. The monoisotopic (exact) mass is 276 g/mol. The number of aromatic nitrogens is 2. The Kier molecular flexibility index (Phi) is 5.08. The predicted octanol–water partition coefficient (Wildman–Crippen LogP) is 1.18. The molecule has 7 nitrogen and oxygen atoms in total. The molecule has 2 aromatic rings. The number of hydrogen-bond donors (Lipinski definition) is 2. The second-order valence-electron chi connectivity index (χ2n) is 3.93. The number of nitrogens with zero attached hydrogens (tertiary/aromatic N) is 2. The van der Waals surface area contributed by atoms with Crippen LogP contribution in [0.25, 0.3) is 11.5 Å². The van der Waals surface area contributed by atoms with E-state index in [-0.39, 0.29) is 12.6 Å². The van der Waals surface area contributed by atoms with E-state index in [0.717, 1.165) is 0 Å². The highest BCUT2D eigenvalue weighted by Gasteiger charge is 2.11. The van der Waals surface area contributed by atoms with Gasteiger partial charge in [0.1, 0.15) is 5.69 Å². The van der Waals surface area contributed by atoms with Crippen LogP contribution in [0.5, 0.6) is 0 Å². The molecule has 0 fully saturated rings. The SMILES string of the molecule is COCCNC(=O)NCc1nccnc1-c1ccco1. The summed E-state index contributed by atoms with van der Waals surface area (Å²) in [5.74, 6) is 0.620. The molecule has 0 atom stereocenters. The van der Waals surface area contributed by atoms with Gasteiger partial charge in [-0.3, -0.25) is 4.98 Å². The van der Waals surface area contributed by atoms with Crippen molar-refractivity contribution in [3.8, 4) is 11.5 Å². The molecule has 20 heavy (non-hydrogen) atoms. The second kappa shape index (κ2) is 7.25. The smallest absolute Gasteiger partial charge is 0.315 e. The fraction of sp³-hybridized carbons (Fsp3) is 0.308. The van der Waals surface area contributed by atoms with Crippen molar-refractivity contribution in [3.63, 3.8) is 0 Å². The number of rotatable bonds is 6. The third kappa shape index (κ3) is 3.79. The van der Waals surface area contributed by atoms with Crippen molar-refractivity contribution in [3.05, 3.63) is 36.5 Å². The van der Waals surface area contributed by atoms with Gasteiger partial charge in [-0.1, -0.05) is 0 Å². The van der Waals surface area contributed by atoms with E-state index in [1.807, 2.05) is 0 Å². The summed E-state index contributed by atoms with van der Waals surface area (Å²) in [5.41, 5.74) is 1.26. The molecular weight excluding hydrogens is 260 g/mol. The molecule has 0 aromatic carbocycles. The van der Waals surface area contributed by atoms with Gasteiger partial charge in [-0.25, -0.2) is 9.78 Å². The van der Waals surface area contributed by atoms with Gasteiger partial charge in [0.05, 0.1) is 25.1 Å². The van der Waals surface area contributed by atoms with Crippen LogP contribution in [-0.2, 0) is 11.3 Å². The van der Waals surface area contributed by atoms with Crippen molar-refractivity contribution in [1.29, 1.82) is 0 Å². The van der Waals surface area contributed by atoms with E-state index in [9.17, 15) is 4.79 Å². The lowest BCUT2D eigenvalue weighted by Crippen LogP contribution is -2.37. The van der Waals surface area contributed by atoms with Crippen molar-refractivity contribution >= 4 is 6.03 Å². The molecule has 0 aliphatic rings. The van der Waals surface area contributed by atoms with Gasteiger partial charge < -0.3 is 19.8 Å². The van der Waals surface area contributed by atoms with Gasteiger partial charge in [-0.05, 0) is 12.1 Å². The van der Waals surface area contributed by atoms with Crippen LogP contribution in [0.15, 0.2) is 35.2 Å². The molecule has 0 aliphatic carbocycles. The lowest BCUT2D eigenvalue weighted by Gasteiger charge is -2.08. The lowest BCUT2D eigenvalue weighted by atomic mass is 10.2. The average molecular weight is 276 g/mol. The van der Waals surface area contributed by atoms with Crippen molar-refractivity contribution in [2.45, 2.75) is 6.54 Å². The Labute approximate surface area is 116 Å². The van der Waals surface area contributed by atoms with Gasteiger partial charge in [0, 0.05) is 26.0 Å². The summed E-state index contributed by atoms with van der Waals surface area (Å²) in [6.07, 6.45) is 4.73. The number of amides is 2. The lowest BCUT2D eigenvalue weighted by molar-refractivity contribution is 0.196. The van der Waals surface area contributed by atoms with E-state index in [2.05, 4.69) is 20.6 Å². The normalized spacial score (nSPS) is 10.2. The van der Waals surface area contributed by atoms with Crippen LogP contribution >= 0.6 is 0 Å². The van der Waals surface area contributed by atoms with Crippen LogP contribution in [0.1, 0.15) is 5.69 Å². The Morgan fingerprint density at radius 1 is 1.35 bits per heavy atom. The second-order valence-corrected chi connectivity index (χ2v) is 3.93. The first kappa shape index (κ1) is 14.0. The first-order valence-corrected chi connectivity index (χ1v) is 6.15. The van der Waals surface area contributed by atoms with E-state index >= 15 is 0 Å². The zero-order chi connectivity index (χ0) is 14.2. The van der Waals surface area contributed by atoms with Gasteiger partial charge in [0.2, 0.25) is 0 Å². The van der Waals surface area contributed by atoms with Gasteiger partial charge in [0.15, 0.2) is 5.76 Å². The fourth-order valence-corrected chi connectivity index (χ4v) is 1.61. The van der Waals surface area contributed by atoms with Crippen LogP contribution in [-0.4, -0.2) is 36.3 Å². The summed E-state index contributed by atoms with van der Waals surface area (Å²) in [6.45, 7) is 1.19. The molecular formula is C13H16N4O3. The van der Waals surface area contributed by atoms with Gasteiger partial charge >= 0.3 is 6.03 Å². The number of ether oxygens (including phenoxy) is 1. The molecule has 0 aliphatic heterocycles. The number of nitrogens with one attached hydrogen (secondary N) is 2. The zero-order valence-corrected chi connectivity index (χ0v) is 11.1. The quantitative estimate of drug-likeness (QED) is 0.773. The summed E-state index contributed by atoms with van der Waals surface area (Å²) in [5, 5.41) is 5.37. The van der Waals surface area contributed by atoms with Crippen molar-refractivity contribution in [2.24, 2.45) is 0 Å². The molecule has 2 aromatic heterocycles. The van der Waals surface area contributed by atoms with Crippen molar-refractivity contribution in [2.75, 3.05) is 20.3 Å². The Balaban J connectivity index is 1.95. The molecule has 0 radical (unpaired) electrons. The highest BCUT2D eigenvalue weighted by Crippen LogP contribution is 2.19. The Bertz CT molecular complexity index is 542. The highest BCUT2D eigenvalue weighted by molar-refractivity contribution is 5.74. The molecule has 0 saturated heterocycles. The summed E-state index contributed by atoms with van der Waals surface area (Å²) in [7, 11) is 1.58. The largest absolute Gasteiger partial charge is 0.463 e. The topological polar surface area (TPSA) is 89.3 Å². The van der Waals surface area contributed by atoms with E-state index in [1.165, 1.54) is 0 Å². The average Bonchev–Trinajstić information content (AvgIpc) is 3.00. The van der Waals surface area contributed by atoms with Crippen LogP contribution in [0.2, 0.25) is 0 Å². The number of carbonyl (C=O) groups is 1. The molecule has 2 amide bonds. The third-order valence-electron chi connectivity index (χ3n) is 2.54. The molecule has 0 bridgehead atoms. The summed E-state index contributed by atoms with van der Waals surface area (Å²) in [4.78, 5) is 20.0. The minimum Gasteiger partial charge on any atom is -0.463 e. The van der Waals surface area contributed by atoms with E-state index < -0.39 is 0 Å². The first-order chi connectivity index (χ1) is 9.81. The summed E-state index contributed by atoms with van der Waals surface area (Å²) < 4.78 is 10.1. The van der Waals surface area contributed by atoms with E-state index in [4.69, 9.17) is 9.15 Å². The molecule has 0 unspecified atom stereocenters. The number of hydrogen-bond acceptors (Lipinski definition) is 5. The maximum atomic E-state index is 11.5. The number of methoxy groups -OCH3 is 1. The van der Waals surface area contributed by atoms with Crippen molar-refractivity contribution < 1.29 is 13.9 Å². The van der Waals surface area contributed by atoms with Crippen LogP contribution < -0.4 is 10.6 Å². The van der Waals surface area contributed by atoms with E-state index in [1.54, 1.807) is 37.9 Å². The minimum absolute atomic E-state index is 0.267. The molecule has 2 heterocycles. The number of carbonyl (C=O) groups excluding carboxylic acids is 1. The Morgan fingerprint density at radius 3 is 2.95 bits per heavy atom. The van der Waals surface area contributed by atoms with Crippen LogP contribution in [0.4, 0.5) is 4.79 Å². The zero-order valence-electron chi connectivity index (χ0n) is 11.1. The maximum Gasteiger partial charge on any atom is 0.315 e. The first-order valence-electron chi connectivity index (χ1n) is 6.15. The van der Waals surface area contributed by atoms with Crippen LogP contribution in [0, 0.1) is 0 Å². The van der Waals surface area contributed by atoms with Crippen molar-refractivity contribution in [1.82, 2.24) is 20.6 Å².